The van der Waals surface area contributed by atoms with Gasteiger partial charge in [-0.3, -0.25) is 0 Å². The highest BCUT2D eigenvalue weighted by molar-refractivity contribution is 5.86. The molecule has 0 unspecified atom stereocenters. The lowest BCUT2D eigenvalue weighted by Crippen LogP contribution is -2.50. The lowest BCUT2D eigenvalue weighted by Gasteiger charge is -2.34. The van der Waals surface area contributed by atoms with E-state index >= 15 is 0 Å². The van der Waals surface area contributed by atoms with E-state index in [9.17, 15) is 0 Å². The van der Waals surface area contributed by atoms with E-state index in [0.29, 0.717) is 12.1 Å². The van der Waals surface area contributed by atoms with E-state index < -0.39 is 0 Å². The highest BCUT2D eigenvalue weighted by Gasteiger charge is 2.23. The Hall–Kier alpha value is -1.66. The number of nitrogens with one attached hydrogen (secondary N) is 3. The van der Waals surface area contributed by atoms with Crippen LogP contribution in [0.15, 0.2) is 18.6 Å². The van der Waals surface area contributed by atoms with Crippen molar-refractivity contribution in [2.24, 2.45) is 0 Å². The fraction of sp³-hybridized carbons (Fsp3) is 0.538. The van der Waals surface area contributed by atoms with Crippen LogP contribution in [-0.4, -0.2) is 59.1 Å². The SMILES string of the molecule is CN(C)[C@@H]1CNC[C@H](Nc2ncnc3[nH]ccc23)C1. The average molecular weight is 260 g/mol. The first-order chi connectivity index (χ1) is 9.24. The van der Waals surface area contributed by atoms with Crippen LogP contribution >= 0.6 is 0 Å². The molecule has 0 amide bonds. The summed E-state index contributed by atoms with van der Waals surface area (Å²) in [6.07, 6.45) is 4.61. The van der Waals surface area contributed by atoms with Crippen LogP contribution in [0, 0.1) is 0 Å². The Morgan fingerprint density at radius 3 is 3.05 bits per heavy atom. The maximum atomic E-state index is 4.36. The smallest absolute Gasteiger partial charge is 0.142 e. The number of hydrogen-bond acceptors (Lipinski definition) is 5. The molecule has 0 radical (unpaired) electrons. The predicted molar refractivity (Wildman–Crippen MR) is 76.3 cm³/mol. The van der Waals surface area contributed by atoms with Gasteiger partial charge in [-0.05, 0) is 26.6 Å². The Bertz CT molecular complexity index is 549. The van der Waals surface area contributed by atoms with E-state index in [0.717, 1.165) is 36.4 Å². The maximum Gasteiger partial charge on any atom is 0.142 e. The number of piperidine rings is 1. The zero-order valence-corrected chi connectivity index (χ0v) is 11.3. The number of aromatic amines is 1. The molecule has 1 aliphatic rings. The van der Waals surface area contributed by atoms with E-state index in [2.05, 4.69) is 44.6 Å². The molecule has 3 heterocycles. The van der Waals surface area contributed by atoms with Crippen molar-refractivity contribution in [2.75, 3.05) is 32.5 Å². The normalized spacial score (nSPS) is 23.9. The third kappa shape index (κ3) is 2.54. The predicted octanol–water partition coefficient (Wildman–Crippen LogP) is 0.662. The van der Waals surface area contributed by atoms with Crippen molar-refractivity contribution in [1.29, 1.82) is 0 Å². The van der Waals surface area contributed by atoms with Crippen molar-refractivity contribution >= 4 is 16.9 Å². The van der Waals surface area contributed by atoms with Crippen LogP contribution in [0.2, 0.25) is 0 Å². The number of nitrogens with zero attached hydrogens (tertiary/aromatic N) is 3. The van der Waals surface area contributed by atoms with Gasteiger partial charge in [-0.1, -0.05) is 0 Å². The van der Waals surface area contributed by atoms with Crippen LogP contribution < -0.4 is 10.6 Å². The van der Waals surface area contributed by atoms with Gasteiger partial charge in [-0.15, -0.1) is 0 Å². The van der Waals surface area contributed by atoms with Crippen LogP contribution in [0.3, 0.4) is 0 Å². The minimum atomic E-state index is 0.397. The number of anilines is 1. The standard InChI is InChI=1S/C13H20N6/c1-19(2)10-5-9(6-14-7-10)18-13-11-3-4-15-12(11)16-8-17-13/h3-4,8-10,14H,5-7H2,1-2H3,(H2,15,16,17,18)/t9-,10+/m1/s1. The summed E-state index contributed by atoms with van der Waals surface area (Å²) in [6.45, 7) is 2.02. The monoisotopic (exact) mass is 260 g/mol. The van der Waals surface area contributed by atoms with E-state index in [1.807, 2.05) is 12.3 Å². The summed E-state index contributed by atoms with van der Waals surface area (Å²) in [7, 11) is 4.26. The number of fused-ring (bicyclic) bond motifs is 1. The number of aromatic nitrogens is 3. The molecule has 1 aliphatic heterocycles. The summed E-state index contributed by atoms with van der Waals surface area (Å²) in [5, 5.41) is 8.06. The summed E-state index contributed by atoms with van der Waals surface area (Å²) in [4.78, 5) is 13.9. The summed E-state index contributed by atoms with van der Waals surface area (Å²) < 4.78 is 0. The van der Waals surface area contributed by atoms with Gasteiger partial charge in [0.2, 0.25) is 0 Å². The van der Waals surface area contributed by atoms with Gasteiger partial charge in [0.1, 0.15) is 17.8 Å². The molecule has 0 bridgehead atoms. The summed E-state index contributed by atoms with van der Waals surface area (Å²) in [5.74, 6) is 0.914. The van der Waals surface area contributed by atoms with E-state index in [-0.39, 0.29) is 0 Å². The van der Waals surface area contributed by atoms with Crippen LogP contribution in [0.5, 0.6) is 0 Å². The quantitative estimate of drug-likeness (QED) is 0.756. The first-order valence-corrected chi connectivity index (χ1v) is 6.66. The first kappa shape index (κ1) is 12.4. The van der Waals surface area contributed by atoms with Gasteiger partial charge in [0, 0.05) is 31.4 Å². The number of rotatable bonds is 3. The second-order valence-electron chi connectivity index (χ2n) is 5.31. The van der Waals surface area contributed by atoms with Gasteiger partial charge in [0.15, 0.2) is 0 Å². The molecule has 2 atom stereocenters. The van der Waals surface area contributed by atoms with Crippen LogP contribution in [0.4, 0.5) is 5.82 Å². The zero-order valence-electron chi connectivity index (χ0n) is 11.3. The summed E-state index contributed by atoms with van der Waals surface area (Å²) in [6, 6.07) is 2.97. The van der Waals surface area contributed by atoms with Crippen LogP contribution in [-0.2, 0) is 0 Å². The Labute approximate surface area is 112 Å². The van der Waals surface area contributed by atoms with E-state index in [1.165, 1.54) is 0 Å². The van der Waals surface area contributed by atoms with Crippen molar-refractivity contribution < 1.29 is 0 Å². The Morgan fingerprint density at radius 1 is 1.32 bits per heavy atom. The lowest BCUT2D eigenvalue weighted by atomic mass is 10.0. The first-order valence-electron chi connectivity index (χ1n) is 6.66. The van der Waals surface area contributed by atoms with Gasteiger partial charge in [0.25, 0.3) is 0 Å². The molecule has 2 aromatic rings. The van der Waals surface area contributed by atoms with Gasteiger partial charge < -0.3 is 20.5 Å². The largest absolute Gasteiger partial charge is 0.365 e. The van der Waals surface area contributed by atoms with Crippen LogP contribution in [0.1, 0.15) is 6.42 Å². The molecule has 0 aliphatic carbocycles. The Kier molecular flexibility index (Phi) is 3.35. The van der Waals surface area contributed by atoms with E-state index in [4.69, 9.17) is 0 Å². The van der Waals surface area contributed by atoms with Gasteiger partial charge in [-0.2, -0.15) is 0 Å². The zero-order chi connectivity index (χ0) is 13.2. The second-order valence-corrected chi connectivity index (χ2v) is 5.31. The van der Waals surface area contributed by atoms with Gasteiger partial charge in [-0.25, -0.2) is 9.97 Å². The third-order valence-electron chi connectivity index (χ3n) is 3.75. The third-order valence-corrected chi connectivity index (χ3v) is 3.75. The number of likely N-dealkylation sites (N-methyl/N-ethyl adjacent to an activating group) is 1. The molecule has 6 heteroatoms. The maximum absolute atomic E-state index is 4.36. The molecule has 2 aromatic heterocycles. The second kappa shape index (κ2) is 5.14. The summed E-state index contributed by atoms with van der Waals surface area (Å²) in [5.41, 5.74) is 0.880. The number of hydrogen-bond donors (Lipinski definition) is 3. The minimum absolute atomic E-state index is 0.397. The van der Waals surface area contributed by atoms with Crippen molar-refractivity contribution in [3.8, 4) is 0 Å². The molecular formula is C13H20N6. The molecule has 1 fully saturated rings. The highest BCUT2D eigenvalue weighted by Crippen LogP contribution is 2.20. The molecule has 19 heavy (non-hydrogen) atoms. The van der Waals surface area contributed by atoms with Gasteiger partial charge >= 0.3 is 0 Å². The van der Waals surface area contributed by atoms with Crippen molar-refractivity contribution in [3.63, 3.8) is 0 Å². The highest BCUT2D eigenvalue weighted by atomic mass is 15.2. The molecule has 1 saturated heterocycles. The van der Waals surface area contributed by atoms with E-state index in [1.54, 1.807) is 6.33 Å². The topological polar surface area (TPSA) is 68.9 Å². The molecule has 0 aromatic carbocycles. The molecule has 102 valence electrons. The molecule has 0 saturated carbocycles. The minimum Gasteiger partial charge on any atom is -0.365 e. The Morgan fingerprint density at radius 2 is 2.21 bits per heavy atom. The fourth-order valence-corrected chi connectivity index (χ4v) is 2.60. The molecule has 0 spiro atoms. The molecule has 3 rings (SSSR count). The molecule has 3 N–H and O–H groups in total. The lowest BCUT2D eigenvalue weighted by molar-refractivity contribution is 0.233. The van der Waals surface area contributed by atoms with Crippen molar-refractivity contribution in [2.45, 2.75) is 18.5 Å². The van der Waals surface area contributed by atoms with Gasteiger partial charge in [0.05, 0.1) is 5.39 Å². The molecular weight excluding hydrogens is 240 g/mol. The average Bonchev–Trinajstić information content (AvgIpc) is 2.88. The fourth-order valence-electron chi connectivity index (χ4n) is 2.60. The van der Waals surface area contributed by atoms with Crippen molar-refractivity contribution in [1.82, 2.24) is 25.2 Å². The summed E-state index contributed by atoms with van der Waals surface area (Å²) >= 11 is 0. The number of H-pyrrole nitrogens is 1. The van der Waals surface area contributed by atoms with Crippen LogP contribution in [0.25, 0.3) is 11.0 Å². The van der Waals surface area contributed by atoms with Crippen molar-refractivity contribution in [3.05, 3.63) is 18.6 Å². The Balaban J connectivity index is 1.75. The molecule has 6 nitrogen and oxygen atoms in total.